The van der Waals surface area contributed by atoms with Crippen molar-refractivity contribution >= 4 is 21.4 Å². The average Bonchev–Trinajstić information content (AvgIpc) is 3.28. The van der Waals surface area contributed by atoms with Gasteiger partial charge < -0.3 is 5.32 Å². The van der Waals surface area contributed by atoms with Crippen molar-refractivity contribution in [2.45, 2.75) is 11.4 Å². The molecule has 162 valence electrons. The van der Waals surface area contributed by atoms with Crippen molar-refractivity contribution in [3.8, 4) is 11.1 Å². The molecule has 4 aromatic rings. The summed E-state index contributed by atoms with van der Waals surface area (Å²) in [6, 6.07) is 19.9. The van der Waals surface area contributed by atoms with Gasteiger partial charge in [-0.3, -0.25) is 9.48 Å². The van der Waals surface area contributed by atoms with E-state index in [4.69, 9.17) is 0 Å². The predicted molar refractivity (Wildman–Crippen MR) is 121 cm³/mol. The molecular weight excluding hydrogens is 429 g/mol. The Balaban J connectivity index is 1.61. The molecule has 0 radical (unpaired) electrons. The number of halogens is 1. The Kier molecular flexibility index (Phi) is 5.87. The van der Waals surface area contributed by atoms with Crippen LogP contribution in [0.3, 0.4) is 0 Å². The number of anilines is 1. The van der Waals surface area contributed by atoms with Crippen LogP contribution < -0.4 is 5.32 Å². The van der Waals surface area contributed by atoms with Crippen LogP contribution in [0.2, 0.25) is 0 Å². The van der Waals surface area contributed by atoms with Crippen molar-refractivity contribution in [1.29, 1.82) is 0 Å². The van der Waals surface area contributed by atoms with Gasteiger partial charge in [0.15, 0.2) is 9.84 Å². The zero-order valence-corrected chi connectivity index (χ0v) is 18.0. The highest BCUT2D eigenvalue weighted by Gasteiger charge is 2.17. The summed E-state index contributed by atoms with van der Waals surface area (Å²) in [6.45, 7) is 0.630. The van der Waals surface area contributed by atoms with Crippen molar-refractivity contribution in [2.75, 3.05) is 11.6 Å². The van der Waals surface area contributed by atoms with E-state index in [0.717, 1.165) is 29.5 Å². The minimum Gasteiger partial charge on any atom is -0.319 e. The number of hydrogen-bond acceptors (Lipinski definition) is 4. The molecule has 0 aliphatic heterocycles. The van der Waals surface area contributed by atoms with E-state index in [0.29, 0.717) is 17.7 Å². The molecule has 0 saturated heterocycles. The van der Waals surface area contributed by atoms with Gasteiger partial charge in [-0.15, -0.1) is 0 Å². The van der Waals surface area contributed by atoms with Crippen molar-refractivity contribution < 1.29 is 17.6 Å². The van der Waals surface area contributed by atoms with E-state index in [2.05, 4.69) is 10.4 Å². The topological polar surface area (TPSA) is 81.1 Å². The van der Waals surface area contributed by atoms with Crippen molar-refractivity contribution in [3.05, 3.63) is 102 Å². The summed E-state index contributed by atoms with van der Waals surface area (Å²) in [5, 5.41) is 6.69. The quantitative estimate of drug-likeness (QED) is 0.443. The largest absolute Gasteiger partial charge is 0.319 e. The summed E-state index contributed by atoms with van der Waals surface area (Å²) in [7, 11) is -3.54. The van der Waals surface area contributed by atoms with Gasteiger partial charge in [0.1, 0.15) is 5.82 Å². The third-order valence-corrected chi connectivity index (χ3v) is 6.06. The molecule has 0 spiro atoms. The van der Waals surface area contributed by atoms with Crippen LogP contribution in [-0.4, -0.2) is 30.4 Å². The first-order valence-electron chi connectivity index (χ1n) is 9.78. The highest BCUT2D eigenvalue weighted by molar-refractivity contribution is 7.90. The second kappa shape index (κ2) is 8.76. The van der Waals surface area contributed by atoms with Gasteiger partial charge in [-0.2, -0.15) is 5.10 Å². The minimum atomic E-state index is -3.54. The second-order valence-electron chi connectivity index (χ2n) is 7.31. The molecule has 1 amide bonds. The van der Waals surface area contributed by atoms with E-state index < -0.39 is 21.6 Å². The number of nitrogens with zero attached hydrogens (tertiary/aromatic N) is 2. The molecule has 1 N–H and O–H groups in total. The fourth-order valence-electron chi connectivity index (χ4n) is 3.32. The van der Waals surface area contributed by atoms with E-state index in [1.807, 2.05) is 47.3 Å². The third-order valence-electron chi connectivity index (χ3n) is 4.95. The van der Waals surface area contributed by atoms with Gasteiger partial charge in [0.2, 0.25) is 0 Å². The molecule has 0 bridgehead atoms. The maximum atomic E-state index is 14.2. The second-order valence-corrected chi connectivity index (χ2v) is 9.33. The molecule has 3 aromatic carbocycles. The summed E-state index contributed by atoms with van der Waals surface area (Å²) < 4.78 is 39.6. The van der Waals surface area contributed by atoms with Crippen LogP contribution in [0.4, 0.5) is 10.1 Å². The van der Waals surface area contributed by atoms with Crippen molar-refractivity contribution in [3.63, 3.8) is 0 Å². The zero-order chi connectivity index (χ0) is 22.7. The lowest BCUT2D eigenvalue weighted by Crippen LogP contribution is -2.14. The number of sulfone groups is 1. The molecule has 0 saturated carbocycles. The van der Waals surface area contributed by atoms with Crippen LogP contribution in [0.5, 0.6) is 0 Å². The number of rotatable bonds is 6. The molecule has 0 aliphatic carbocycles. The molecular formula is C24H20FN3O3S. The summed E-state index contributed by atoms with van der Waals surface area (Å²) in [4.78, 5) is 12.9. The summed E-state index contributed by atoms with van der Waals surface area (Å²) in [5.74, 6) is -1.25. The Morgan fingerprint density at radius 1 is 1.03 bits per heavy atom. The van der Waals surface area contributed by atoms with E-state index in [-0.39, 0.29) is 10.6 Å². The van der Waals surface area contributed by atoms with Crippen LogP contribution >= 0.6 is 0 Å². The third kappa shape index (κ3) is 4.76. The molecule has 1 aromatic heterocycles. The number of benzene rings is 3. The van der Waals surface area contributed by atoms with Crippen LogP contribution in [0.15, 0.2) is 90.1 Å². The number of nitrogens with one attached hydrogen (secondary N) is 1. The van der Waals surface area contributed by atoms with E-state index in [1.165, 1.54) is 6.07 Å². The normalized spacial score (nSPS) is 11.3. The predicted octanol–water partition coefficient (Wildman–Crippen LogP) is 4.39. The average molecular weight is 450 g/mol. The Labute approximate surface area is 185 Å². The molecule has 4 rings (SSSR count). The van der Waals surface area contributed by atoms with Gasteiger partial charge in [0, 0.05) is 24.2 Å². The molecule has 0 atom stereocenters. The number of hydrogen-bond donors (Lipinski definition) is 1. The Hall–Kier alpha value is -3.78. The van der Waals surface area contributed by atoms with Gasteiger partial charge in [-0.25, -0.2) is 12.8 Å². The Morgan fingerprint density at radius 3 is 2.47 bits per heavy atom. The van der Waals surface area contributed by atoms with Gasteiger partial charge in [0.25, 0.3) is 5.91 Å². The molecule has 6 nitrogen and oxygen atoms in total. The fourth-order valence-corrected chi connectivity index (χ4v) is 3.97. The zero-order valence-electron chi connectivity index (χ0n) is 17.2. The number of carbonyl (C=O) groups excluding carboxylic acids is 1. The van der Waals surface area contributed by atoms with E-state index in [1.54, 1.807) is 24.4 Å². The maximum Gasteiger partial charge on any atom is 0.256 e. The van der Waals surface area contributed by atoms with Gasteiger partial charge in [-0.05, 0) is 47.0 Å². The van der Waals surface area contributed by atoms with Gasteiger partial charge >= 0.3 is 0 Å². The maximum absolute atomic E-state index is 14.2. The van der Waals surface area contributed by atoms with E-state index in [9.17, 15) is 17.6 Å². The molecule has 0 unspecified atom stereocenters. The molecule has 32 heavy (non-hydrogen) atoms. The van der Waals surface area contributed by atoms with Crippen LogP contribution in [0, 0.1) is 5.82 Å². The molecule has 0 aliphatic rings. The van der Waals surface area contributed by atoms with E-state index >= 15 is 0 Å². The number of amides is 1. The highest BCUT2D eigenvalue weighted by atomic mass is 32.2. The lowest BCUT2D eigenvalue weighted by molar-refractivity contribution is 0.102. The fraction of sp³-hybridized carbons (Fsp3) is 0.0833. The standard InChI is InChI=1S/C24H20FN3O3S/c1-32(30,31)19-11-12-22(25)23(15-19)27-24(29)21-6-3-2-5-20(21)18-9-7-17(8-10-18)16-28-14-4-13-26-28/h2-15H,16H2,1H3,(H,27,29). The summed E-state index contributed by atoms with van der Waals surface area (Å²) in [5.41, 5.74) is 2.71. The van der Waals surface area contributed by atoms with Gasteiger partial charge in [-0.1, -0.05) is 42.5 Å². The van der Waals surface area contributed by atoms with Crippen molar-refractivity contribution in [1.82, 2.24) is 9.78 Å². The summed E-state index contributed by atoms with van der Waals surface area (Å²) >= 11 is 0. The van der Waals surface area contributed by atoms with Crippen LogP contribution in [-0.2, 0) is 16.4 Å². The molecule has 8 heteroatoms. The number of carbonyl (C=O) groups is 1. The summed E-state index contributed by atoms with van der Waals surface area (Å²) in [6.07, 6.45) is 4.63. The Morgan fingerprint density at radius 2 is 1.78 bits per heavy atom. The minimum absolute atomic E-state index is 0.0738. The van der Waals surface area contributed by atoms with Crippen LogP contribution in [0.25, 0.3) is 11.1 Å². The first-order chi connectivity index (χ1) is 15.3. The monoisotopic (exact) mass is 449 g/mol. The lowest BCUT2D eigenvalue weighted by atomic mass is 9.98. The molecule has 0 fully saturated rings. The first kappa shape index (κ1) is 21.5. The van der Waals surface area contributed by atoms with Gasteiger partial charge in [0.05, 0.1) is 17.1 Å². The van der Waals surface area contributed by atoms with Crippen LogP contribution in [0.1, 0.15) is 15.9 Å². The smallest absolute Gasteiger partial charge is 0.256 e. The highest BCUT2D eigenvalue weighted by Crippen LogP contribution is 2.26. The first-order valence-corrected chi connectivity index (χ1v) is 11.7. The SMILES string of the molecule is CS(=O)(=O)c1ccc(F)c(NC(=O)c2ccccc2-c2ccc(Cn3cccn3)cc2)c1. The lowest BCUT2D eigenvalue weighted by Gasteiger charge is -2.12. The number of aromatic nitrogens is 2. The molecule has 1 heterocycles. The Bertz CT molecular complexity index is 1370. The van der Waals surface area contributed by atoms with Crippen molar-refractivity contribution in [2.24, 2.45) is 0 Å².